The average Bonchev–Trinajstić information content (AvgIpc) is 3.63. The second-order valence-corrected chi connectivity index (χ2v) is 8.42. The van der Waals surface area contributed by atoms with Crippen molar-refractivity contribution >= 4 is 11.8 Å². The highest BCUT2D eigenvalue weighted by Crippen LogP contribution is 2.33. The molecule has 1 aromatic heterocycles. The van der Waals surface area contributed by atoms with Gasteiger partial charge in [0.1, 0.15) is 6.04 Å². The zero-order valence-corrected chi connectivity index (χ0v) is 18.8. The minimum absolute atomic E-state index is 0.0475. The van der Waals surface area contributed by atoms with E-state index < -0.39 is 40.7 Å². The van der Waals surface area contributed by atoms with Gasteiger partial charge in [0.25, 0.3) is 5.91 Å². The summed E-state index contributed by atoms with van der Waals surface area (Å²) in [7, 11) is 0. The zero-order valence-electron chi connectivity index (χ0n) is 18.8. The quantitative estimate of drug-likeness (QED) is 0.539. The number of benzene rings is 2. The van der Waals surface area contributed by atoms with E-state index in [2.05, 4.69) is 15.7 Å². The van der Waals surface area contributed by atoms with E-state index in [-0.39, 0.29) is 23.8 Å². The first-order valence-electron chi connectivity index (χ1n) is 11.1. The van der Waals surface area contributed by atoms with E-state index in [1.807, 2.05) is 6.07 Å². The van der Waals surface area contributed by atoms with Gasteiger partial charge in [-0.05, 0) is 37.5 Å². The summed E-state index contributed by atoms with van der Waals surface area (Å²) < 4.78 is 41.6. The monoisotopic (exact) mass is 484 g/mol. The van der Waals surface area contributed by atoms with Gasteiger partial charge >= 0.3 is 6.18 Å². The van der Waals surface area contributed by atoms with Gasteiger partial charge in [0.15, 0.2) is 5.69 Å². The Kier molecular flexibility index (Phi) is 6.72. The van der Waals surface area contributed by atoms with E-state index in [4.69, 9.17) is 0 Å². The molecule has 4 rings (SSSR count). The van der Waals surface area contributed by atoms with Crippen LogP contribution in [0.1, 0.15) is 40.2 Å². The molecule has 2 N–H and O–H groups in total. The first-order chi connectivity index (χ1) is 16.6. The predicted octanol–water partition coefficient (Wildman–Crippen LogP) is 3.18. The number of carbonyl (C=O) groups excluding carboxylic acids is 2. The van der Waals surface area contributed by atoms with Gasteiger partial charge in [-0.25, -0.2) is 4.68 Å². The van der Waals surface area contributed by atoms with Gasteiger partial charge in [-0.15, -0.1) is 0 Å². The fourth-order valence-electron chi connectivity index (χ4n) is 3.66. The molecule has 0 saturated heterocycles. The number of halogens is 3. The molecule has 7 nitrogen and oxygen atoms in total. The van der Waals surface area contributed by atoms with Gasteiger partial charge in [-0.1, -0.05) is 42.5 Å². The lowest BCUT2D eigenvalue weighted by Crippen LogP contribution is -2.49. The number of aromatic nitrogens is 2. The minimum atomic E-state index is -4.67. The van der Waals surface area contributed by atoms with Crippen molar-refractivity contribution in [3.63, 3.8) is 0 Å². The van der Waals surface area contributed by atoms with E-state index in [0.29, 0.717) is 0 Å². The van der Waals surface area contributed by atoms with Crippen molar-refractivity contribution in [2.24, 2.45) is 0 Å². The van der Waals surface area contributed by atoms with Crippen LogP contribution in [0.25, 0.3) is 5.69 Å². The van der Waals surface area contributed by atoms with Gasteiger partial charge < -0.3 is 10.6 Å². The molecule has 1 heterocycles. The fraction of sp³-hybridized carbons (Fsp3) is 0.280. The Bertz CT molecular complexity index is 1300. The third-order valence-corrected chi connectivity index (χ3v) is 5.59. The summed E-state index contributed by atoms with van der Waals surface area (Å²) >= 11 is 0. The molecule has 1 aliphatic carbocycles. The lowest BCUT2D eigenvalue weighted by molar-refractivity contribution is -0.137. The molecular formula is C25H23F3N4O3. The Balaban J connectivity index is 1.66. The van der Waals surface area contributed by atoms with E-state index in [1.54, 1.807) is 24.3 Å². The molecule has 2 amide bonds. The van der Waals surface area contributed by atoms with Crippen LogP contribution in [0.3, 0.4) is 0 Å². The van der Waals surface area contributed by atoms with Crippen LogP contribution in [-0.2, 0) is 17.4 Å². The molecular weight excluding hydrogens is 461 g/mol. The minimum Gasteiger partial charge on any atom is -0.352 e. The summed E-state index contributed by atoms with van der Waals surface area (Å²) in [6, 6.07) is 13.9. The molecule has 3 aromatic rings. The van der Waals surface area contributed by atoms with Crippen molar-refractivity contribution < 1.29 is 22.8 Å². The van der Waals surface area contributed by atoms with Crippen molar-refractivity contribution in [2.75, 3.05) is 0 Å². The van der Waals surface area contributed by atoms with Crippen molar-refractivity contribution in [1.82, 2.24) is 20.4 Å². The summed E-state index contributed by atoms with van der Waals surface area (Å²) in [4.78, 5) is 38.4. The number of alkyl halides is 3. The second-order valence-electron chi connectivity index (χ2n) is 8.42. The van der Waals surface area contributed by atoms with Gasteiger partial charge in [0.05, 0.1) is 11.3 Å². The molecule has 2 aromatic carbocycles. The Morgan fingerprint density at radius 2 is 1.74 bits per heavy atom. The standard InChI is InChI=1S/C25H23F3N4O3/c1-15-13-21(33)22(31-32(15)20-10-6-5-9-18(20)25(26,27)28)24(35)30-19(23(34)29-17-11-12-17)14-16-7-3-2-4-8-16/h2-10,13,17,19H,11-12,14H2,1H3,(H,29,34)(H,30,35). The zero-order chi connectivity index (χ0) is 25.2. The Labute approximate surface area is 199 Å². The summed E-state index contributed by atoms with van der Waals surface area (Å²) in [5.74, 6) is -1.35. The second kappa shape index (κ2) is 9.73. The maximum Gasteiger partial charge on any atom is 0.418 e. The number of para-hydroxylation sites is 1. The highest BCUT2D eigenvalue weighted by Gasteiger charge is 2.34. The van der Waals surface area contributed by atoms with Crippen LogP contribution in [-0.4, -0.2) is 33.7 Å². The number of hydrogen-bond donors (Lipinski definition) is 2. The number of hydrogen-bond acceptors (Lipinski definition) is 4. The number of aryl methyl sites for hydroxylation is 1. The first kappa shape index (κ1) is 24.2. The van der Waals surface area contributed by atoms with Crippen LogP contribution in [0, 0.1) is 6.92 Å². The molecule has 0 aliphatic heterocycles. The van der Waals surface area contributed by atoms with Crippen molar-refractivity contribution in [1.29, 1.82) is 0 Å². The van der Waals surface area contributed by atoms with Crippen LogP contribution in [0.15, 0.2) is 65.5 Å². The number of amides is 2. The highest BCUT2D eigenvalue weighted by molar-refractivity contribution is 5.96. The topological polar surface area (TPSA) is 93.1 Å². The average molecular weight is 484 g/mol. The van der Waals surface area contributed by atoms with Gasteiger partial charge in [-0.2, -0.15) is 18.3 Å². The SMILES string of the molecule is Cc1cc(=O)c(C(=O)NC(Cc2ccccc2)C(=O)NC2CC2)nn1-c1ccccc1C(F)(F)F. The molecule has 1 fully saturated rings. The maximum atomic E-state index is 13.6. The molecule has 182 valence electrons. The van der Waals surface area contributed by atoms with Gasteiger partial charge in [0.2, 0.25) is 11.3 Å². The summed E-state index contributed by atoms with van der Waals surface area (Å²) in [6.45, 7) is 1.42. The van der Waals surface area contributed by atoms with Gasteiger partial charge in [-0.3, -0.25) is 14.4 Å². The lowest BCUT2D eigenvalue weighted by atomic mass is 10.0. The maximum absolute atomic E-state index is 13.6. The number of nitrogens with one attached hydrogen (secondary N) is 2. The van der Waals surface area contributed by atoms with E-state index >= 15 is 0 Å². The fourth-order valence-corrected chi connectivity index (χ4v) is 3.66. The van der Waals surface area contributed by atoms with Crippen LogP contribution in [0.2, 0.25) is 0 Å². The van der Waals surface area contributed by atoms with Crippen LogP contribution in [0.5, 0.6) is 0 Å². The van der Waals surface area contributed by atoms with Gasteiger partial charge in [0, 0.05) is 24.2 Å². The van der Waals surface area contributed by atoms with Crippen molar-refractivity contribution in [3.8, 4) is 5.69 Å². The summed E-state index contributed by atoms with van der Waals surface area (Å²) in [5.41, 5.74) is -1.74. The molecule has 0 spiro atoms. The third-order valence-electron chi connectivity index (χ3n) is 5.59. The number of rotatable bonds is 7. The molecule has 0 radical (unpaired) electrons. The lowest BCUT2D eigenvalue weighted by Gasteiger charge is -2.19. The molecule has 10 heteroatoms. The van der Waals surface area contributed by atoms with Crippen LogP contribution >= 0.6 is 0 Å². The predicted molar refractivity (Wildman–Crippen MR) is 122 cm³/mol. The third kappa shape index (κ3) is 5.76. The summed E-state index contributed by atoms with van der Waals surface area (Å²) in [5, 5.41) is 9.35. The molecule has 35 heavy (non-hydrogen) atoms. The smallest absolute Gasteiger partial charge is 0.352 e. The highest BCUT2D eigenvalue weighted by atomic mass is 19.4. The van der Waals surface area contributed by atoms with Crippen molar-refractivity contribution in [3.05, 3.63) is 93.4 Å². The van der Waals surface area contributed by atoms with E-state index in [9.17, 15) is 27.6 Å². The molecule has 0 bridgehead atoms. The van der Waals surface area contributed by atoms with E-state index in [0.717, 1.165) is 35.2 Å². The van der Waals surface area contributed by atoms with Crippen molar-refractivity contribution in [2.45, 2.75) is 44.4 Å². The van der Waals surface area contributed by atoms with E-state index in [1.165, 1.54) is 25.1 Å². The molecule has 1 unspecified atom stereocenters. The number of nitrogens with zero attached hydrogens (tertiary/aromatic N) is 2. The first-order valence-corrected chi connectivity index (χ1v) is 11.1. The summed E-state index contributed by atoms with van der Waals surface area (Å²) in [6.07, 6.45) is -2.80. The molecule has 1 aliphatic rings. The van der Waals surface area contributed by atoms with Crippen LogP contribution in [0.4, 0.5) is 13.2 Å². The van der Waals surface area contributed by atoms with Crippen LogP contribution < -0.4 is 16.1 Å². The Hall–Kier alpha value is -3.95. The normalized spacial score (nSPS) is 14.3. The Morgan fingerprint density at radius 1 is 1.09 bits per heavy atom. The molecule has 1 saturated carbocycles. The largest absolute Gasteiger partial charge is 0.418 e. The Morgan fingerprint density at radius 3 is 2.40 bits per heavy atom. The molecule has 1 atom stereocenters. The number of carbonyl (C=O) groups is 2.